The minimum absolute atomic E-state index is 0.0744. The highest BCUT2D eigenvalue weighted by Crippen LogP contribution is 2.25. The van der Waals surface area contributed by atoms with E-state index in [-0.39, 0.29) is 10.7 Å². The Kier molecular flexibility index (Phi) is 3.83. The summed E-state index contributed by atoms with van der Waals surface area (Å²) >= 11 is 4.68. The molecule has 0 spiro atoms. The molecule has 5 heteroatoms. The molecule has 0 bridgehead atoms. The van der Waals surface area contributed by atoms with Crippen LogP contribution >= 0.6 is 12.2 Å². The SMILES string of the molecule is CCC1(C)CC(=NNC(N)=S)CCO1. The maximum absolute atomic E-state index is 5.68. The van der Waals surface area contributed by atoms with Gasteiger partial charge < -0.3 is 10.5 Å². The lowest BCUT2D eigenvalue weighted by Crippen LogP contribution is -2.38. The minimum Gasteiger partial charge on any atom is -0.375 e. The summed E-state index contributed by atoms with van der Waals surface area (Å²) in [5.41, 5.74) is 8.91. The number of hydrogen-bond acceptors (Lipinski definition) is 3. The molecule has 0 aliphatic carbocycles. The van der Waals surface area contributed by atoms with E-state index >= 15 is 0 Å². The lowest BCUT2D eigenvalue weighted by atomic mass is 9.92. The number of thiocarbonyl (C=S) groups is 1. The van der Waals surface area contributed by atoms with Crippen LogP contribution in [0.3, 0.4) is 0 Å². The average Bonchev–Trinajstić information content (AvgIpc) is 2.15. The number of hydrogen-bond donors (Lipinski definition) is 2. The quantitative estimate of drug-likeness (QED) is 0.536. The summed E-state index contributed by atoms with van der Waals surface area (Å²) in [5.74, 6) is 0. The van der Waals surface area contributed by atoms with Gasteiger partial charge >= 0.3 is 0 Å². The molecule has 80 valence electrons. The van der Waals surface area contributed by atoms with Gasteiger partial charge in [-0.15, -0.1) is 0 Å². The Labute approximate surface area is 89.9 Å². The van der Waals surface area contributed by atoms with E-state index in [2.05, 4.69) is 36.6 Å². The molecule has 1 unspecified atom stereocenters. The molecule has 0 aromatic heterocycles. The van der Waals surface area contributed by atoms with E-state index in [1.807, 2.05) is 0 Å². The Morgan fingerprint density at radius 3 is 3.07 bits per heavy atom. The summed E-state index contributed by atoms with van der Waals surface area (Å²) in [7, 11) is 0. The highest BCUT2D eigenvalue weighted by molar-refractivity contribution is 7.80. The van der Waals surface area contributed by atoms with Gasteiger partial charge in [-0.05, 0) is 25.6 Å². The van der Waals surface area contributed by atoms with Crippen LogP contribution in [0.4, 0.5) is 0 Å². The fraction of sp³-hybridized carbons (Fsp3) is 0.778. The van der Waals surface area contributed by atoms with Gasteiger partial charge in [-0.25, -0.2) is 0 Å². The van der Waals surface area contributed by atoms with Gasteiger partial charge in [0.25, 0.3) is 0 Å². The van der Waals surface area contributed by atoms with E-state index in [4.69, 9.17) is 10.5 Å². The average molecular weight is 215 g/mol. The smallest absolute Gasteiger partial charge is 0.184 e. The molecular formula is C9H17N3OS. The van der Waals surface area contributed by atoms with Crippen molar-refractivity contribution in [3.63, 3.8) is 0 Å². The third kappa shape index (κ3) is 3.23. The first kappa shape index (κ1) is 11.4. The van der Waals surface area contributed by atoms with E-state index < -0.39 is 0 Å². The second-order valence-electron chi connectivity index (χ2n) is 3.73. The Morgan fingerprint density at radius 2 is 2.50 bits per heavy atom. The van der Waals surface area contributed by atoms with Crippen molar-refractivity contribution in [2.75, 3.05) is 6.61 Å². The van der Waals surface area contributed by atoms with E-state index in [0.717, 1.165) is 31.6 Å². The molecule has 1 atom stereocenters. The Morgan fingerprint density at radius 1 is 1.79 bits per heavy atom. The summed E-state index contributed by atoms with van der Waals surface area (Å²) in [6.45, 7) is 4.94. The number of nitrogens with one attached hydrogen (secondary N) is 1. The van der Waals surface area contributed by atoms with Crippen LogP contribution in [0, 0.1) is 0 Å². The molecular weight excluding hydrogens is 198 g/mol. The number of hydrazone groups is 1. The molecule has 1 fully saturated rings. The predicted octanol–water partition coefficient (Wildman–Crippen LogP) is 1.15. The number of ether oxygens (including phenoxy) is 1. The molecule has 0 radical (unpaired) electrons. The maximum atomic E-state index is 5.68. The van der Waals surface area contributed by atoms with Crippen LogP contribution in [0.15, 0.2) is 5.10 Å². The summed E-state index contributed by atoms with van der Waals surface area (Å²) in [5, 5.41) is 4.36. The summed E-state index contributed by atoms with van der Waals surface area (Å²) < 4.78 is 5.68. The fourth-order valence-corrected chi connectivity index (χ4v) is 1.49. The van der Waals surface area contributed by atoms with Crippen molar-refractivity contribution in [2.24, 2.45) is 10.8 Å². The van der Waals surface area contributed by atoms with Crippen molar-refractivity contribution in [1.82, 2.24) is 5.43 Å². The Hall–Kier alpha value is -0.680. The van der Waals surface area contributed by atoms with Gasteiger partial charge in [-0.1, -0.05) is 6.92 Å². The van der Waals surface area contributed by atoms with E-state index in [1.165, 1.54) is 0 Å². The molecule has 0 aromatic carbocycles. The van der Waals surface area contributed by atoms with Crippen molar-refractivity contribution in [2.45, 2.75) is 38.7 Å². The van der Waals surface area contributed by atoms with Gasteiger partial charge in [0.2, 0.25) is 0 Å². The normalized spacial score (nSPS) is 30.3. The maximum Gasteiger partial charge on any atom is 0.184 e. The number of rotatable bonds is 2. The summed E-state index contributed by atoms with van der Waals surface area (Å²) in [6.07, 6.45) is 2.68. The van der Waals surface area contributed by atoms with Gasteiger partial charge in [0.15, 0.2) is 5.11 Å². The molecule has 1 heterocycles. The molecule has 1 saturated heterocycles. The fourth-order valence-electron chi connectivity index (χ4n) is 1.44. The zero-order valence-corrected chi connectivity index (χ0v) is 9.49. The predicted molar refractivity (Wildman–Crippen MR) is 61.2 cm³/mol. The minimum atomic E-state index is -0.0744. The van der Waals surface area contributed by atoms with E-state index in [0.29, 0.717) is 0 Å². The van der Waals surface area contributed by atoms with Crippen LogP contribution in [0.2, 0.25) is 0 Å². The molecule has 4 nitrogen and oxygen atoms in total. The molecule has 1 aliphatic heterocycles. The molecule has 0 saturated carbocycles. The standard InChI is InChI=1S/C9H17N3OS/c1-3-9(2)6-7(4-5-13-9)11-12-8(10)14/h3-6H2,1-2H3,(H3,10,12,14). The van der Waals surface area contributed by atoms with Crippen molar-refractivity contribution in [3.8, 4) is 0 Å². The van der Waals surface area contributed by atoms with Gasteiger partial charge in [0, 0.05) is 18.6 Å². The number of nitrogens with two attached hydrogens (primary N) is 1. The highest BCUT2D eigenvalue weighted by atomic mass is 32.1. The van der Waals surface area contributed by atoms with Crippen LogP contribution in [-0.2, 0) is 4.74 Å². The summed E-state index contributed by atoms with van der Waals surface area (Å²) in [6, 6.07) is 0. The van der Waals surface area contributed by atoms with Gasteiger partial charge in [-0.3, -0.25) is 5.43 Å². The van der Waals surface area contributed by atoms with Crippen molar-refractivity contribution in [3.05, 3.63) is 0 Å². The lowest BCUT2D eigenvalue weighted by Gasteiger charge is -2.33. The van der Waals surface area contributed by atoms with E-state index in [9.17, 15) is 0 Å². The molecule has 14 heavy (non-hydrogen) atoms. The lowest BCUT2D eigenvalue weighted by molar-refractivity contribution is -0.0370. The van der Waals surface area contributed by atoms with Crippen molar-refractivity contribution < 1.29 is 4.74 Å². The Bertz CT molecular complexity index is 254. The van der Waals surface area contributed by atoms with Crippen LogP contribution in [-0.4, -0.2) is 23.0 Å². The second kappa shape index (κ2) is 4.70. The zero-order chi connectivity index (χ0) is 10.6. The number of nitrogens with zero attached hydrogens (tertiary/aromatic N) is 1. The third-order valence-corrected chi connectivity index (χ3v) is 2.58. The van der Waals surface area contributed by atoms with Crippen LogP contribution < -0.4 is 11.2 Å². The molecule has 0 aromatic rings. The van der Waals surface area contributed by atoms with Crippen molar-refractivity contribution in [1.29, 1.82) is 0 Å². The Balaban J connectivity index is 2.55. The van der Waals surface area contributed by atoms with E-state index in [1.54, 1.807) is 0 Å². The third-order valence-electron chi connectivity index (χ3n) is 2.49. The monoisotopic (exact) mass is 215 g/mol. The first-order chi connectivity index (χ1) is 6.56. The molecule has 1 rings (SSSR count). The first-order valence-electron chi connectivity index (χ1n) is 4.80. The van der Waals surface area contributed by atoms with Gasteiger partial charge in [0.1, 0.15) is 0 Å². The zero-order valence-electron chi connectivity index (χ0n) is 8.67. The second-order valence-corrected chi connectivity index (χ2v) is 4.17. The summed E-state index contributed by atoms with van der Waals surface area (Å²) in [4.78, 5) is 0. The first-order valence-corrected chi connectivity index (χ1v) is 5.21. The molecule has 3 N–H and O–H groups in total. The highest BCUT2D eigenvalue weighted by Gasteiger charge is 2.29. The van der Waals surface area contributed by atoms with Crippen LogP contribution in [0.1, 0.15) is 33.1 Å². The largest absolute Gasteiger partial charge is 0.375 e. The van der Waals surface area contributed by atoms with Crippen LogP contribution in [0.5, 0.6) is 0 Å². The molecule has 1 aliphatic rings. The van der Waals surface area contributed by atoms with Crippen LogP contribution in [0.25, 0.3) is 0 Å². The van der Waals surface area contributed by atoms with Gasteiger partial charge in [0.05, 0.1) is 12.2 Å². The van der Waals surface area contributed by atoms with Gasteiger partial charge in [-0.2, -0.15) is 5.10 Å². The van der Waals surface area contributed by atoms with Crippen molar-refractivity contribution >= 4 is 23.0 Å². The molecule has 0 amide bonds. The topological polar surface area (TPSA) is 59.6 Å².